The smallest absolute Gasteiger partial charge is 0.255 e. The van der Waals surface area contributed by atoms with Crippen molar-refractivity contribution in [3.63, 3.8) is 0 Å². The van der Waals surface area contributed by atoms with Crippen LogP contribution >= 0.6 is 11.6 Å². The number of benzene rings is 1. The first-order valence-electron chi connectivity index (χ1n) is 9.24. The fourth-order valence-electron chi connectivity index (χ4n) is 3.54. The molecular formula is C19H30ClN3O3. The maximum absolute atomic E-state index is 12.7. The minimum absolute atomic E-state index is 0.201. The summed E-state index contributed by atoms with van der Waals surface area (Å²) in [5, 5.41) is 3.41. The summed E-state index contributed by atoms with van der Waals surface area (Å²) in [4.78, 5) is 15.2. The van der Waals surface area contributed by atoms with Gasteiger partial charge in [0.05, 0.1) is 36.6 Å². The fraction of sp³-hybridized carbons (Fsp3) is 0.632. The first kappa shape index (κ1) is 20.8. The number of anilines is 1. The second-order valence-corrected chi connectivity index (χ2v) is 6.98. The molecule has 1 heterocycles. The molecule has 0 bridgehead atoms. The zero-order valence-electron chi connectivity index (χ0n) is 15.9. The zero-order valence-corrected chi connectivity index (χ0v) is 16.6. The molecule has 0 saturated carbocycles. The number of amides is 1. The van der Waals surface area contributed by atoms with Crippen molar-refractivity contribution in [1.29, 1.82) is 0 Å². The van der Waals surface area contributed by atoms with Crippen molar-refractivity contribution in [3.05, 3.63) is 22.7 Å². The van der Waals surface area contributed by atoms with Crippen molar-refractivity contribution >= 4 is 23.2 Å². The predicted molar refractivity (Wildman–Crippen MR) is 105 cm³/mol. The van der Waals surface area contributed by atoms with Gasteiger partial charge in [-0.25, -0.2) is 0 Å². The zero-order chi connectivity index (χ0) is 19.1. The van der Waals surface area contributed by atoms with Crippen molar-refractivity contribution < 1.29 is 14.3 Å². The summed E-state index contributed by atoms with van der Waals surface area (Å²) in [6, 6.07) is 3.43. The molecular weight excluding hydrogens is 354 g/mol. The molecule has 1 fully saturated rings. The molecule has 1 aromatic rings. The number of hydrogen-bond donors (Lipinski definition) is 2. The van der Waals surface area contributed by atoms with E-state index in [1.807, 2.05) is 0 Å². The number of halogens is 1. The van der Waals surface area contributed by atoms with E-state index in [0.717, 1.165) is 39.1 Å². The van der Waals surface area contributed by atoms with Gasteiger partial charge in [-0.2, -0.15) is 0 Å². The highest BCUT2D eigenvalue weighted by molar-refractivity contribution is 6.33. The van der Waals surface area contributed by atoms with E-state index in [2.05, 4.69) is 24.1 Å². The van der Waals surface area contributed by atoms with Gasteiger partial charge in [0.25, 0.3) is 5.91 Å². The standard InChI is InChI=1S/C19H30ClN3O3/c1-4-13(5-2)17(23-6-8-26-9-7-23)12-22-19(24)14-10-15(20)16(21)11-18(14)25-3/h10-11,13,17H,4-9,12,21H2,1-3H3,(H,22,24). The van der Waals surface area contributed by atoms with Gasteiger partial charge in [0, 0.05) is 31.7 Å². The lowest BCUT2D eigenvalue weighted by atomic mass is 9.92. The van der Waals surface area contributed by atoms with Gasteiger partial charge in [-0.3, -0.25) is 9.69 Å². The number of carbonyl (C=O) groups is 1. The molecule has 1 aliphatic rings. The second kappa shape index (κ2) is 10.00. The first-order chi connectivity index (χ1) is 12.5. The van der Waals surface area contributed by atoms with E-state index in [1.54, 1.807) is 12.1 Å². The third-order valence-electron chi connectivity index (χ3n) is 5.14. The highest BCUT2D eigenvalue weighted by atomic mass is 35.5. The molecule has 26 heavy (non-hydrogen) atoms. The van der Waals surface area contributed by atoms with E-state index in [-0.39, 0.29) is 11.9 Å². The molecule has 6 nitrogen and oxygen atoms in total. The number of nitrogen functional groups attached to an aromatic ring is 1. The molecule has 0 spiro atoms. The first-order valence-corrected chi connectivity index (χ1v) is 9.62. The third-order valence-corrected chi connectivity index (χ3v) is 5.47. The highest BCUT2D eigenvalue weighted by Gasteiger charge is 2.27. The Morgan fingerprint density at radius 3 is 2.58 bits per heavy atom. The van der Waals surface area contributed by atoms with Crippen molar-refractivity contribution in [2.45, 2.75) is 32.7 Å². The summed E-state index contributed by atoms with van der Waals surface area (Å²) in [5.74, 6) is 0.744. The SMILES string of the molecule is CCC(CC)C(CNC(=O)c1cc(Cl)c(N)cc1OC)N1CCOCC1. The highest BCUT2D eigenvalue weighted by Crippen LogP contribution is 2.29. The van der Waals surface area contributed by atoms with Crippen LogP contribution in [0.2, 0.25) is 5.02 Å². The lowest BCUT2D eigenvalue weighted by Gasteiger charge is -2.38. The van der Waals surface area contributed by atoms with E-state index >= 15 is 0 Å². The Kier molecular flexibility index (Phi) is 8.00. The number of carbonyl (C=O) groups excluding carboxylic acids is 1. The Balaban J connectivity index is 2.12. The van der Waals surface area contributed by atoms with Crippen LogP contribution in [0.3, 0.4) is 0 Å². The van der Waals surface area contributed by atoms with E-state index in [9.17, 15) is 4.79 Å². The van der Waals surface area contributed by atoms with E-state index in [0.29, 0.717) is 34.5 Å². The molecule has 0 radical (unpaired) electrons. The molecule has 1 saturated heterocycles. The summed E-state index contributed by atoms with van der Waals surface area (Å²) in [7, 11) is 1.51. The molecule has 1 amide bonds. The minimum Gasteiger partial charge on any atom is -0.496 e. The number of nitrogens with zero attached hydrogens (tertiary/aromatic N) is 1. The van der Waals surface area contributed by atoms with Gasteiger partial charge in [0.2, 0.25) is 0 Å². The number of morpholine rings is 1. The number of methoxy groups -OCH3 is 1. The average molecular weight is 384 g/mol. The number of ether oxygens (including phenoxy) is 2. The van der Waals surface area contributed by atoms with Crippen molar-refractivity contribution in [2.75, 3.05) is 45.7 Å². The van der Waals surface area contributed by atoms with E-state index in [4.69, 9.17) is 26.8 Å². The Bertz CT molecular complexity index is 602. The Hall–Kier alpha value is -1.50. The van der Waals surface area contributed by atoms with Gasteiger partial charge < -0.3 is 20.5 Å². The molecule has 0 aromatic heterocycles. The number of nitrogens with one attached hydrogen (secondary N) is 1. The van der Waals surface area contributed by atoms with Gasteiger partial charge >= 0.3 is 0 Å². The fourth-order valence-corrected chi connectivity index (χ4v) is 3.71. The van der Waals surface area contributed by atoms with Crippen molar-refractivity contribution in [1.82, 2.24) is 10.2 Å². The quantitative estimate of drug-likeness (QED) is 0.675. The van der Waals surface area contributed by atoms with E-state index < -0.39 is 0 Å². The van der Waals surface area contributed by atoms with Crippen LogP contribution in [0.15, 0.2) is 12.1 Å². The van der Waals surface area contributed by atoms with Crippen LogP contribution < -0.4 is 15.8 Å². The van der Waals surface area contributed by atoms with Gasteiger partial charge in [-0.05, 0) is 12.0 Å². The molecule has 3 N–H and O–H groups in total. The molecule has 1 atom stereocenters. The lowest BCUT2D eigenvalue weighted by Crippen LogP contribution is -2.52. The number of nitrogens with two attached hydrogens (primary N) is 1. The van der Waals surface area contributed by atoms with Gasteiger partial charge in [0.1, 0.15) is 5.75 Å². The number of rotatable bonds is 8. The maximum Gasteiger partial charge on any atom is 0.255 e. The van der Waals surface area contributed by atoms with Crippen molar-refractivity contribution in [2.24, 2.45) is 5.92 Å². The van der Waals surface area contributed by atoms with Crippen LogP contribution in [0.25, 0.3) is 0 Å². The monoisotopic (exact) mass is 383 g/mol. The predicted octanol–water partition coefficient (Wildman–Crippen LogP) is 2.80. The maximum atomic E-state index is 12.7. The summed E-state index contributed by atoms with van der Waals surface area (Å²) < 4.78 is 10.8. The average Bonchev–Trinajstić information content (AvgIpc) is 2.67. The molecule has 146 valence electrons. The van der Waals surface area contributed by atoms with Crippen LogP contribution in [0, 0.1) is 5.92 Å². The molecule has 1 unspecified atom stereocenters. The van der Waals surface area contributed by atoms with Gasteiger partial charge in [-0.15, -0.1) is 0 Å². The lowest BCUT2D eigenvalue weighted by molar-refractivity contribution is 0.00191. The topological polar surface area (TPSA) is 76.8 Å². The van der Waals surface area contributed by atoms with Gasteiger partial charge in [-0.1, -0.05) is 38.3 Å². The third kappa shape index (κ3) is 5.02. The summed E-state index contributed by atoms with van der Waals surface area (Å²) >= 11 is 6.08. The number of hydrogen-bond acceptors (Lipinski definition) is 5. The molecule has 7 heteroatoms. The Morgan fingerprint density at radius 1 is 1.35 bits per heavy atom. The van der Waals surface area contributed by atoms with Crippen LogP contribution in [0.1, 0.15) is 37.0 Å². The largest absolute Gasteiger partial charge is 0.496 e. The second-order valence-electron chi connectivity index (χ2n) is 6.58. The summed E-state index contributed by atoms with van der Waals surface area (Å²) in [6.45, 7) is 8.26. The summed E-state index contributed by atoms with van der Waals surface area (Å²) in [5.41, 5.74) is 6.59. The molecule has 1 aromatic carbocycles. The normalized spacial score (nSPS) is 16.5. The van der Waals surface area contributed by atoms with Crippen LogP contribution in [-0.2, 0) is 4.74 Å². The minimum atomic E-state index is -0.201. The van der Waals surface area contributed by atoms with Crippen LogP contribution in [-0.4, -0.2) is 56.8 Å². The molecule has 0 aliphatic carbocycles. The van der Waals surface area contributed by atoms with Crippen LogP contribution in [0.5, 0.6) is 5.75 Å². The van der Waals surface area contributed by atoms with Gasteiger partial charge in [0.15, 0.2) is 0 Å². The Morgan fingerprint density at radius 2 is 2.00 bits per heavy atom. The van der Waals surface area contributed by atoms with E-state index in [1.165, 1.54) is 7.11 Å². The van der Waals surface area contributed by atoms with Crippen LogP contribution in [0.4, 0.5) is 5.69 Å². The molecule has 2 rings (SSSR count). The van der Waals surface area contributed by atoms with Crippen molar-refractivity contribution in [3.8, 4) is 5.75 Å². The molecule has 1 aliphatic heterocycles. The summed E-state index contributed by atoms with van der Waals surface area (Å²) in [6.07, 6.45) is 2.15. The Labute approximate surface area is 161 Å².